The number of ether oxygens (including phenoxy) is 2. The standard InChI is InChI=1S/C18H20FN3O4.C18H34N2O6S.C2H4O2/c1-10-9-26-17-14-11(16(23)12(18(24)25)8-22(10)14)7-13(19)15(17)21-5-3-20(2)4-6-21;1-5-6-10-7-11(20(3)8-10)17(25)19-12(9(2)21)16-14(23)13(22)15(24)18(26-16)27-4;1-2(3)4/h7-8,10H,3-6,9H2,1-2H3,(H,24,25);9-16,18,21-24H,5-8H2,1-4H3,(H,19,25);1H3,(H,3,4)/t10-;9?,10-,11+,12?,13+,14-,15-,16-,18-;/m01./s1. The number of aliphatic carboxylic acids is 1. The van der Waals surface area contributed by atoms with Crippen LogP contribution in [0.2, 0.25) is 0 Å². The van der Waals surface area contributed by atoms with E-state index in [9.17, 15) is 44.3 Å². The van der Waals surface area contributed by atoms with Crippen LogP contribution < -0.4 is 20.4 Å². The lowest BCUT2D eigenvalue weighted by atomic mass is 9.92. The molecule has 3 saturated heterocycles. The van der Waals surface area contributed by atoms with Gasteiger partial charge in [-0.1, -0.05) is 13.3 Å². The lowest BCUT2D eigenvalue weighted by Crippen LogP contribution is -2.65. The van der Waals surface area contributed by atoms with Crippen LogP contribution in [-0.4, -0.2) is 171 Å². The van der Waals surface area contributed by atoms with Crippen molar-refractivity contribution in [1.29, 1.82) is 0 Å². The first kappa shape index (κ1) is 46.1. The molecule has 5 heterocycles. The second-order valence-electron chi connectivity index (χ2n) is 15.3. The van der Waals surface area contributed by atoms with Gasteiger partial charge in [0.15, 0.2) is 11.6 Å². The molecule has 10 atom stereocenters. The number of carboxylic acids is 2. The minimum atomic E-state index is -1.42. The Kier molecular flexibility index (Phi) is 16.1. The lowest BCUT2D eigenvalue weighted by Gasteiger charge is -2.44. The number of aliphatic hydroxyl groups is 4. The highest BCUT2D eigenvalue weighted by atomic mass is 32.2. The van der Waals surface area contributed by atoms with Gasteiger partial charge in [-0.15, -0.1) is 11.8 Å². The number of halogens is 1. The molecule has 0 saturated carbocycles. The zero-order valence-corrected chi connectivity index (χ0v) is 34.3. The molecule has 1 amide bonds. The van der Waals surface area contributed by atoms with Crippen LogP contribution in [-0.2, 0) is 14.3 Å². The first-order valence-corrected chi connectivity index (χ1v) is 20.4. The highest BCUT2D eigenvalue weighted by Gasteiger charge is 2.48. The predicted octanol–water partition coefficient (Wildman–Crippen LogP) is 0.778. The molecule has 2 unspecified atom stereocenters. The third-order valence-corrected chi connectivity index (χ3v) is 11.7. The SMILES string of the molecule is CC(=O)O.CCC[C@@H]1C[C@@H](C(=O)NC(C(C)O)[C@H]2O[C@H](SC)[C@H](O)[C@@H](O)[C@H]2O)N(C)C1.C[C@H]1COc2c(N3CCN(C)CC3)c(F)cc3c(=O)c(C(=O)O)cn1c23. The average molecular weight is 828 g/mol. The fourth-order valence-corrected chi connectivity index (χ4v) is 8.50. The van der Waals surface area contributed by atoms with Gasteiger partial charge in [-0.25, -0.2) is 9.18 Å². The van der Waals surface area contributed by atoms with Gasteiger partial charge in [-0.3, -0.25) is 19.3 Å². The number of benzene rings is 1. The number of hydrogen-bond donors (Lipinski definition) is 7. The Morgan fingerprint density at radius 2 is 1.70 bits per heavy atom. The summed E-state index contributed by atoms with van der Waals surface area (Å²) in [4.78, 5) is 51.9. The second kappa shape index (κ2) is 19.9. The van der Waals surface area contributed by atoms with Crippen LogP contribution in [0, 0.1) is 11.7 Å². The van der Waals surface area contributed by atoms with E-state index in [4.69, 9.17) is 19.4 Å². The Labute approximate surface area is 335 Å². The summed E-state index contributed by atoms with van der Waals surface area (Å²) in [5.41, 5.74) is -0.979. The summed E-state index contributed by atoms with van der Waals surface area (Å²) in [5.74, 6) is -2.13. The van der Waals surface area contributed by atoms with Crippen molar-refractivity contribution in [1.82, 2.24) is 19.7 Å². The van der Waals surface area contributed by atoms with Crippen LogP contribution in [0.3, 0.4) is 0 Å². The summed E-state index contributed by atoms with van der Waals surface area (Å²) in [5, 5.41) is 60.3. The first-order chi connectivity index (χ1) is 26.8. The minimum Gasteiger partial charge on any atom is -0.487 e. The molecule has 320 valence electrons. The maximum Gasteiger partial charge on any atom is 0.341 e. The molecule has 1 aromatic carbocycles. The van der Waals surface area contributed by atoms with Gasteiger partial charge < -0.3 is 59.8 Å². The van der Waals surface area contributed by atoms with E-state index in [0.29, 0.717) is 36.0 Å². The normalized spacial score (nSPS) is 28.6. The number of nitrogens with one attached hydrogen (secondary N) is 1. The van der Waals surface area contributed by atoms with Gasteiger partial charge >= 0.3 is 5.97 Å². The molecule has 2 aromatic rings. The summed E-state index contributed by atoms with van der Waals surface area (Å²) in [6, 6.07) is -0.202. The highest BCUT2D eigenvalue weighted by molar-refractivity contribution is 7.99. The van der Waals surface area contributed by atoms with E-state index in [1.165, 1.54) is 24.9 Å². The topological polar surface area (TPSA) is 235 Å². The zero-order valence-electron chi connectivity index (χ0n) is 33.5. The molecule has 57 heavy (non-hydrogen) atoms. The maximum atomic E-state index is 15.0. The van der Waals surface area contributed by atoms with Crippen molar-refractivity contribution >= 4 is 46.2 Å². The molecule has 3 fully saturated rings. The number of hydrogen-bond acceptors (Lipinski definition) is 14. The molecule has 6 rings (SSSR count). The van der Waals surface area contributed by atoms with Crippen LogP contribution in [0.25, 0.3) is 10.9 Å². The van der Waals surface area contributed by atoms with E-state index in [1.54, 1.807) is 10.8 Å². The van der Waals surface area contributed by atoms with Gasteiger partial charge in [0, 0.05) is 45.8 Å². The molecule has 4 aliphatic heterocycles. The molecular weight excluding hydrogens is 770 g/mol. The average Bonchev–Trinajstić information content (AvgIpc) is 3.52. The van der Waals surface area contributed by atoms with E-state index in [1.807, 2.05) is 30.8 Å². The second-order valence-corrected chi connectivity index (χ2v) is 16.2. The molecule has 19 heteroatoms. The molecule has 0 bridgehead atoms. The van der Waals surface area contributed by atoms with Crippen molar-refractivity contribution < 1.29 is 58.9 Å². The Morgan fingerprint density at radius 1 is 1.07 bits per heavy atom. The van der Waals surface area contributed by atoms with E-state index >= 15 is 0 Å². The monoisotopic (exact) mass is 827 g/mol. The number of likely N-dealkylation sites (tertiary alicyclic amines) is 1. The van der Waals surface area contributed by atoms with Crippen molar-refractivity contribution in [2.45, 2.75) is 101 Å². The van der Waals surface area contributed by atoms with Crippen LogP contribution >= 0.6 is 11.8 Å². The molecule has 17 nitrogen and oxygen atoms in total. The molecule has 4 aliphatic rings. The Balaban J connectivity index is 0.000000231. The zero-order chi connectivity index (χ0) is 42.5. The van der Waals surface area contributed by atoms with Gasteiger partial charge in [0.1, 0.15) is 47.7 Å². The number of aliphatic hydroxyl groups excluding tert-OH is 4. The van der Waals surface area contributed by atoms with Gasteiger partial charge in [0.05, 0.1) is 35.1 Å². The number of carbonyl (C=O) groups is 3. The van der Waals surface area contributed by atoms with Crippen molar-refractivity contribution in [2.75, 3.05) is 64.6 Å². The smallest absolute Gasteiger partial charge is 0.341 e. The van der Waals surface area contributed by atoms with Gasteiger partial charge in [-0.05, 0) is 59.0 Å². The summed E-state index contributed by atoms with van der Waals surface area (Å²) in [7, 11) is 3.93. The summed E-state index contributed by atoms with van der Waals surface area (Å²) < 4.78 is 28.3. The number of carboxylic acid groups (broad SMARTS) is 2. The predicted molar refractivity (Wildman–Crippen MR) is 212 cm³/mol. The van der Waals surface area contributed by atoms with Crippen molar-refractivity contribution in [2.24, 2.45) is 5.92 Å². The number of pyridine rings is 1. The highest BCUT2D eigenvalue weighted by Crippen LogP contribution is 2.42. The number of anilines is 1. The lowest BCUT2D eigenvalue weighted by molar-refractivity contribution is -0.211. The number of aromatic nitrogens is 1. The number of aromatic carboxylic acids is 1. The number of thioether (sulfide) groups is 1. The van der Waals surface area contributed by atoms with Gasteiger partial charge in [0.25, 0.3) is 5.97 Å². The Morgan fingerprint density at radius 3 is 2.26 bits per heavy atom. The minimum absolute atomic E-state index is 0.0434. The summed E-state index contributed by atoms with van der Waals surface area (Å²) in [6.45, 7) is 10.6. The molecular formula is C38H58FN5O12S. The fourth-order valence-electron chi connectivity index (χ4n) is 7.82. The van der Waals surface area contributed by atoms with Crippen LogP contribution in [0.4, 0.5) is 10.1 Å². The number of amides is 1. The molecule has 0 aliphatic carbocycles. The van der Waals surface area contributed by atoms with Gasteiger partial charge in [-0.2, -0.15) is 0 Å². The first-order valence-electron chi connectivity index (χ1n) is 19.1. The molecule has 0 spiro atoms. The van der Waals surface area contributed by atoms with Crippen LogP contribution in [0.1, 0.15) is 63.4 Å². The number of rotatable bonds is 9. The fraction of sp³-hybridized carbons (Fsp3) is 0.684. The number of nitrogens with zero attached hydrogens (tertiary/aromatic N) is 4. The molecule has 7 N–H and O–H groups in total. The Hall–Kier alpha value is -3.56. The number of piperazine rings is 1. The summed E-state index contributed by atoms with van der Waals surface area (Å²) >= 11 is 1.20. The van der Waals surface area contributed by atoms with Crippen molar-refractivity contribution in [3.63, 3.8) is 0 Å². The van der Waals surface area contributed by atoms with Crippen LogP contribution in [0.15, 0.2) is 17.1 Å². The quantitative estimate of drug-likeness (QED) is 0.185. The van der Waals surface area contributed by atoms with Crippen molar-refractivity contribution in [3.05, 3.63) is 33.9 Å². The number of likely N-dealkylation sites (N-methyl/N-ethyl adjacent to an activating group) is 2. The largest absolute Gasteiger partial charge is 0.487 e. The molecule has 0 radical (unpaired) electrons. The van der Waals surface area contributed by atoms with E-state index in [0.717, 1.165) is 51.9 Å². The van der Waals surface area contributed by atoms with Crippen molar-refractivity contribution in [3.8, 4) is 5.75 Å². The maximum absolute atomic E-state index is 15.0. The third kappa shape index (κ3) is 10.6. The number of carbonyl (C=O) groups excluding carboxylic acids is 1. The van der Waals surface area contributed by atoms with E-state index in [2.05, 4.69) is 17.1 Å². The summed E-state index contributed by atoms with van der Waals surface area (Å²) in [6.07, 6.45) is -0.153. The Bertz CT molecular complexity index is 1790. The van der Waals surface area contributed by atoms with E-state index < -0.39 is 65.2 Å². The molecule has 1 aromatic heterocycles. The van der Waals surface area contributed by atoms with E-state index in [-0.39, 0.29) is 35.5 Å². The van der Waals surface area contributed by atoms with Crippen LogP contribution in [0.5, 0.6) is 5.75 Å². The van der Waals surface area contributed by atoms with Gasteiger partial charge in [0.2, 0.25) is 11.3 Å². The third-order valence-electron chi connectivity index (χ3n) is 10.8.